The summed E-state index contributed by atoms with van der Waals surface area (Å²) < 4.78 is 74.1. The van der Waals surface area contributed by atoms with Gasteiger partial charge in [-0.2, -0.15) is 18.3 Å². The van der Waals surface area contributed by atoms with Crippen LogP contribution in [0, 0.1) is 24.0 Å². The molecule has 4 rings (SSSR count). The Balaban J connectivity index is 1.43. The molecule has 1 aromatic heterocycles. The van der Waals surface area contributed by atoms with Gasteiger partial charge in [0.1, 0.15) is 0 Å². The smallest absolute Gasteiger partial charge is 0.435 e. The summed E-state index contributed by atoms with van der Waals surface area (Å²) in [7, 11) is -4.37. The second-order valence-electron chi connectivity index (χ2n) is 10.3. The van der Waals surface area contributed by atoms with Gasteiger partial charge in [-0.05, 0) is 43.7 Å². The standard InChI is InChI=1S/C27H29F3N6O7S/c1-17(2)26(38)42-16-43-33-36(39)34-13-12-20(15-34)25(37)32-44(40,41)22-10-8-21(9-11-22)35-23(14-24(31-35)27(28,29)30)19-6-4-18(3)5-7-19/h4-11,14,17,20H,12-13,15-16H2,1-3H3,(H,32,37)/b36-33+. The minimum Gasteiger partial charge on any atom is -0.569 e. The molecule has 1 N–H and O–H groups in total. The maximum absolute atomic E-state index is 13.5. The van der Waals surface area contributed by atoms with Crippen molar-refractivity contribution in [2.24, 2.45) is 17.1 Å². The number of rotatable bonds is 10. The summed E-state index contributed by atoms with van der Waals surface area (Å²) in [5.41, 5.74) is 0.571. The summed E-state index contributed by atoms with van der Waals surface area (Å²) >= 11 is 0. The van der Waals surface area contributed by atoms with E-state index in [9.17, 15) is 36.4 Å². The number of ether oxygens (including phenoxy) is 1. The number of aryl methyl sites for hydroxylation is 1. The van der Waals surface area contributed by atoms with Gasteiger partial charge in [-0.3, -0.25) is 9.59 Å². The van der Waals surface area contributed by atoms with Crippen molar-refractivity contribution < 1.29 is 45.7 Å². The number of hydrogen-bond acceptors (Lipinski definition) is 9. The number of nitrogens with zero attached hydrogens (tertiary/aromatic N) is 5. The van der Waals surface area contributed by atoms with E-state index in [1.165, 1.54) is 12.1 Å². The highest BCUT2D eigenvalue weighted by Gasteiger charge is 2.36. The number of hydrogen-bond donors (Lipinski definition) is 1. The first-order chi connectivity index (χ1) is 20.7. The van der Waals surface area contributed by atoms with E-state index in [2.05, 4.69) is 15.2 Å². The number of nitrogens with one attached hydrogen (secondary N) is 1. The van der Waals surface area contributed by atoms with Crippen LogP contribution in [0.1, 0.15) is 31.5 Å². The fourth-order valence-corrected chi connectivity index (χ4v) is 5.22. The Hall–Kier alpha value is -4.67. The van der Waals surface area contributed by atoms with Crippen molar-refractivity contribution >= 4 is 21.9 Å². The van der Waals surface area contributed by atoms with Crippen molar-refractivity contribution in [3.63, 3.8) is 0 Å². The zero-order valence-electron chi connectivity index (χ0n) is 23.8. The van der Waals surface area contributed by atoms with E-state index in [0.717, 1.165) is 33.5 Å². The van der Waals surface area contributed by atoms with Gasteiger partial charge < -0.3 is 14.8 Å². The fraction of sp³-hybridized carbons (Fsp3) is 0.370. The molecule has 1 atom stereocenters. The molecule has 0 bridgehead atoms. The summed E-state index contributed by atoms with van der Waals surface area (Å²) in [6.45, 7) is 4.39. The van der Waals surface area contributed by atoms with Gasteiger partial charge in [-0.25, -0.2) is 17.8 Å². The van der Waals surface area contributed by atoms with Gasteiger partial charge in [-0.15, -0.1) is 5.01 Å². The van der Waals surface area contributed by atoms with Crippen molar-refractivity contribution in [3.05, 3.63) is 71.1 Å². The van der Waals surface area contributed by atoms with Crippen LogP contribution in [-0.4, -0.2) is 59.9 Å². The highest BCUT2D eigenvalue weighted by Crippen LogP contribution is 2.33. The third-order valence-electron chi connectivity index (χ3n) is 6.61. The van der Waals surface area contributed by atoms with E-state index in [1.807, 2.05) is 11.6 Å². The van der Waals surface area contributed by atoms with E-state index in [0.29, 0.717) is 5.56 Å². The number of halogens is 3. The van der Waals surface area contributed by atoms with Crippen molar-refractivity contribution in [2.45, 2.75) is 38.3 Å². The lowest BCUT2D eigenvalue weighted by Gasteiger charge is -2.13. The molecule has 0 spiro atoms. The number of hydrazine groups is 1. The first-order valence-electron chi connectivity index (χ1n) is 13.3. The quantitative estimate of drug-likeness (QED) is 0.0867. The van der Waals surface area contributed by atoms with Crippen LogP contribution < -0.4 is 4.72 Å². The van der Waals surface area contributed by atoms with Gasteiger partial charge in [0.05, 0.1) is 46.2 Å². The summed E-state index contributed by atoms with van der Waals surface area (Å²) in [6.07, 6.45) is -4.57. The lowest BCUT2D eigenvalue weighted by atomic mass is 10.1. The summed E-state index contributed by atoms with van der Waals surface area (Å²) in [6, 6.07) is 12.5. The Kier molecular flexibility index (Phi) is 9.46. The Morgan fingerprint density at radius 2 is 1.82 bits per heavy atom. The molecule has 2 heterocycles. The van der Waals surface area contributed by atoms with Crippen LogP contribution in [0.15, 0.2) is 64.8 Å². The molecule has 236 valence electrons. The molecule has 44 heavy (non-hydrogen) atoms. The van der Waals surface area contributed by atoms with Crippen LogP contribution in [0.4, 0.5) is 13.2 Å². The Bertz CT molecular complexity index is 1640. The molecule has 0 aliphatic carbocycles. The largest absolute Gasteiger partial charge is 0.569 e. The minimum absolute atomic E-state index is 0.0715. The summed E-state index contributed by atoms with van der Waals surface area (Å²) in [5, 5.41) is 20.2. The highest BCUT2D eigenvalue weighted by atomic mass is 32.2. The predicted octanol–water partition coefficient (Wildman–Crippen LogP) is 3.96. The predicted molar refractivity (Wildman–Crippen MR) is 147 cm³/mol. The van der Waals surface area contributed by atoms with Crippen LogP contribution in [0.2, 0.25) is 0 Å². The van der Waals surface area contributed by atoms with Gasteiger partial charge in [-0.1, -0.05) is 43.7 Å². The van der Waals surface area contributed by atoms with Gasteiger partial charge in [0.25, 0.3) is 16.8 Å². The topological polar surface area (TPSA) is 158 Å². The van der Waals surface area contributed by atoms with Gasteiger partial charge in [0.2, 0.25) is 11.2 Å². The van der Waals surface area contributed by atoms with E-state index in [4.69, 9.17) is 4.74 Å². The fourth-order valence-electron chi connectivity index (χ4n) is 4.17. The minimum atomic E-state index is -4.71. The van der Waals surface area contributed by atoms with Crippen LogP contribution >= 0.6 is 0 Å². The molecule has 1 unspecified atom stereocenters. The first kappa shape index (κ1) is 32.2. The monoisotopic (exact) mass is 638 g/mol. The molecule has 3 aromatic rings. The van der Waals surface area contributed by atoms with Crippen molar-refractivity contribution in [2.75, 3.05) is 19.9 Å². The number of amides is 1. The molecule has 17 heteroatoms. The van der Waals surface area contributed by atoms with Gasteiger partial charge >= 0.3 is 12.1 Å². The molecule has 1 aliphatic heterocycles. The van der Waals surface area contributed by atoms with Crippen molar-refractivity contribution in [3.8, 4) is 16.9 Å². The summed E-state index contributed by atoms with van der Waals surface area (Å²) in [4.78, 5) is 28.5. The van der Waals surface area contributed by atoms with Crippen LogP contribution in [0.3, 0.4) is 0 Å². The Morgan fingerprint density at radius 3 is 2.43 bits per heavy atom. The van der Waals surface area contributed by atoms with E-state index < -0.39 is 52.4 Å². The third kappa shape index (κ3) is 7.64. The Morgan fingerprint density at radius 1 is 1.16 bits per heavy atom. The number of sulfonamides is 1. The molecule has 2 aromatic carbocycles. The van der Waals surface area contributed by atoms with E-state index >= 15 is 0 Å². The average molecular weight is 639 g/mol. The van der Waals surface area contributed by atoms with Crippen molar-refractivity contribution in [1.82, 2.24) is 19.5 Å². The lowest BCUT2D eigenvalue weighted by Crippen LogP contribution is -2.37. The van der Waals surface area contributed by atoms with E-state index in [-0.39, 0.29) is 40.8 Å². The number of aromatic nitrogens is 2. The SMILES string of the molecule is Cc1ccc(-c2cc(C(F)(F)F)nn2-c2ccc(S(=O)(=O)NC(=O)C3CCN(/[N+]([O-])=N\OCOC(=O)C(C)C)C3)cc2)cc1. The normalized spacial score (nSPS) is 15.8. The van der Waals surface area contributed by atoms with Gasteiger partial charge in [0.15, 0.2) is 5.69 Å². The molecule has 1 amide bonds. The molecule has 1 aliphatic rings. The first-order valence-corrected chi connectivity index (χ1v) is 14.8. The van der Waals surface area contributed by atoms with Crippen molar-refractivity contribution in [1.29, 1.82) is 0 Å². The van der Waals surface area contributed by atoms with E-state index in [1.54, 1.807) is 38.1 Å². The van der Waals surface area contributed by atoms with Crippen LogP contribution in [0.5, 0.6) is 0 Å². The van der Waals surface area contributed by atoms with Gasteiger partial charge in [0, 0.05) is 5.56 Å². The van der Waals surface area contributed by atoms with Crippen LogP contribution in [0.25, 0.3) is 16.9 Å². The van der Waals surface area contributed by atoms with Crippen LogP contribution in [-0.2, 0) is 35.4 Å². The lowest BCUT2D eigenvalue weighted by molar-refractivity contribution is -0.708. The average Bonchev–Trinajstić information content (AvgIpc) is 3.64. The second kappa shape index (κ2) is 12.9. The third-order valence-corrected chi connectivity index (χ3v) is 7.97. The summed E-state index contributed by atoms with van der Waals surface area (Å²) in [5.74, 6) is -2.68. The zero-order valence-corrected chi connectivity index (χ0v) is 24.6. The zero-order chi connectivity index (χ0) is 32.2. The molecule has 0 radical (unpaired) electrons. The molecular formula is C27H29F3N6O7S. The maximum atomic E-state index is 13.5. The molecule has 0 saturated carbocycles. The molecule has 13 nitrogen and oxygen atoms in total. The highest BCUT2D eigenvalue weighted by molar-refractivity contribution is 7.90. The second-order valence-corrected chi connectivity index (χ2v) is 11.9. The molecule has 1 fully saturated rings. The number of carbonyl (C=O) groups excluding carboxylic acids is 2. The number of alkyl halides is 3. The number of esters is 1. The molecular weight excluding hydrogens is 609 g/mol. The number of benzene rings is 2. The molecule has 1 saturated heterocycles. The number of carbonyl (C=O) groups is 2. The maximum Gasteiger partial charge on any atom is 0.435 e. The Labute approximate surface area is 250 Å².